The Morgan fingerprint density at radius 3 is 2.88 bits per heavy atom. The number of rotatable bonds is 2. The number of benzene rings is 1. The topological polar surface area (TPSA) is 34.1 Å². The van der Waals surface area contributed by atoms with E-state index in [2.05, 4.69) is 9.89 Å². The summed E-state index contributed by atoms with van der Waals surface area (Å²) in [7, 11) is 0. The Morgan fingerprint density at radius 2 is 2.00 bits per heavy atom. The van der Waals surface area contributed by atoms with Crippen LogP contribution in [0.1, 0.15) is 0 Å². The summed E-state index contributed by atoms with van der Waals surface area (Å²) in [6.07, 6.45) is 0. The van der Waals surface area contributed by atoms with Gasteiger partial charge < -0.3 is 9.47 Å². The van der Waals surface area contributed by atoms with Crippen molar-refractivity contribution in [1.82, 2.24) is 4.90 Å². The van der Waals surface area contributed by atoms with Gasteiger partial charge in [0.2, 0.25) is 0 Å². The molecule has 2 heterocycles. The van der Waals surface area contributed by atoms with Gasteiger partial charge in [-0.25, -0.2) is 4.99 Å². The fraction of sp³-hybridized carbons (Fsp3) is 0.462. The van der Waals surface area contributed by atoms with Crippen molar-refractivity contribution in [2.24, 2.45) is 4.99 Å². The fourth-order valence-electron chi connectivity index (χ4n) is 2.13. The number of para-hydroxylation sites is 2. The molecule has 0 saturated carbocycles. The minimum Gasteiger partial charge on any atom is -0.485 e. The summed E-state index contributed by atoms with van der Waals surface area (Å²) in [4.78, 5) is 7.01. The average molecular weight is 232 g/mol. The van der Waals surface area contributed by atoms with Crippen LogP contribution in [0.4, 0.5) is 5.69 Å². The van der Waals surface area contributed by atoms with Gasteiger partial charge in [0.05, 0.1) is 18.9 Å². The Kier molecular flexibility index (Phi) is 3.07. The van der Waals surface area contributed by atoms with Crippen LogP contribution in [0.25, 0.3) is 0 Å². The van der Waals surface area contributed by atoms with Crippen LogP contribution in [0.2, 0.25) is 0 Å². The average Bonchev–Trinajstić information content (AvgIpc) is 2.40. The first-order chi connectivity index (χ1) is 8.42. The molecule has 4 heteroatoms. The summed E-state index contributed by atoms with van der Waals surface area (Å²) in [6, 6.07) is 7.92. The SMILES string of the molecule is c1ccc2c(c1)N=C(CN1CCOCC1)CO2. The number of aliphatic imine (C=N–C) groups is 1. The molecule has 4 nitrogen and oxygen atoms in total. The van der Waals surface area contributed by atoms with Crippen LogP contribution in [0.5, 0.6) is 5.75 Å². The highest BCUT2D eigenvalue weighted by Gasteiger charge is 2.17. The second kappa shape index (κ2) is 4.85. The highest BCUT2D eigenvalue weighted by molar-refractivity contribution is 5.92. The van der Waals surface area contributed by atoms with Crippen molar-refractivity contribution in [2.45, 2.75) is 0 Å². The van der Waals surface area contributed by atoms with E-state index in [1.165, 1.54) is 0 Å². The first kappa shape index (κ1) is 10.7. The van der Waals surface area contributed by atoms with Crippen LogP contribution in [-0.4, -0.2) is 50.1 Å². The van der Waals surface area contributed by atoms with E-state index < -0.39 is 0 Å². The number of ether oxygens (including phenoxy) is 2. The minimum absolute atomic E-state index is 0.606. The van der Waals surface area contributed by atoms with Crippen LogP contribution >= 0.6 is 0 Å². The normalized spacial score (nSPS) is 20.4. The molecule has 1 saturated heterocycles. The van der Waals surface area contributed by atoms with Crippen molar-refractivity contribution in [1.29, 1.82) is 0 Å². The van der Waals surface area contributed by atoms with Gasteiger partial charge in [-0.3, -0.25) is 4.90 Å². The van der Waals surface area contributed by atoms with E-state index in [1.807, 2.05) is 24.3 Å². The molecule has 0 aromatic heterocycles. The van der Waals surface area contributed by atoms with Crippen molar-refractivity contribution < 1.29 is 9.47 Å². The molecule has 0 radical (unpaired) electrons. The van der Waals surface area contributed by atoms with Crippen LogP contribution in [0, 0.1) is 0 Å². The van der Waals surface area contributed by atoms with E-state index in [0.717, 1.165) is 50.0 Å². The first-order valence-corrected chi connectivity index (χ1v) is 6.00. The third-order valence-corrected chi connectivity index (χ3v) is 3.05. The zero-order valence-electron chi connectivity index (χ0n) is 9.76. The molecule has 0 amide bonds. The number of hydrogen-bond acceptors (Lipinski definition) is 4. The third-order valence-electron chi connectivity index (χ3n) is 3.05. The smallest absolute Gasteiger partial charge is 0.145 e. The molecule has 17 heavy (non-hydrogen) atoms. The van der Waals surface area contributed by atoms with Crippen molar-refractivity contribution in [3.63, 3.8) is 0 Å². The summed E-state index contributed by atoms with van der Waals surface area (Å²) in [5.41, 5.74) is 2.05. The van der Waals surface area contributed by atoms with Crippen molar-refractivity contribution >= 4 is 11.4 Å². The lowest BCUT2D eigenvalue weighted by atomic mass is 10.2. The Balaban J connectivity index is 1.70. The van der Waals surface area contributed by atoms with E-state index in [9.17, 15) is 0 Å². The van der Waals surface area contributed by atoms with Gasteiger partial charge in [0.25, 0.3) is 0 Å². The Hall–Kier alpha value is -1.39. The molecule has 1 fully saturated rings. The Labute approximate surface area is 101 Å². The quantitative estimate of drug-likeness (QED) is 0.774. The number of morpholine rings is 1. The highest BCUT2D eigenvalue weighted by Crippen LogP contribution is 2.29. The van der Waals surface area contributed by atoms with Crippen molar-refractivity contribution in [3.8, 4) is 5.75 Å². The van der Waals surface area contributed by atoms with Gasteiger partial charge in [0, 0.05) is 19.6 Å². The zero-order valence-corrected chi connectivity index (χ0v) is 9.76. The zero-order chi connectivity index (χ0) is 11.5. The number of nitrogens with zero attached hydrogens (tertiary/aromatic N) is 2. The molecule has 0 atom stereocenters. The van der Waals surface area contributed by atoms with Gasteiger partial charge in [0.1, 0.15) is 18.0 Å². The molecule has 2 aliphatic rings. The van der Waals surface area contributed by atoms with Gasteiger partial charge in [-0.1, -0.05) is 12.1 Å². The van der Waals surface area contributed by atoms with Gasteiger partial charge in [0.15, 0.2) is 0 Å². The summed E-state index contributed by atoms with van der Waals surface area (Å²) in [5, 5.41) is 0. The molecule has 1 aromatic carbocycles. The van der Waals surface area contributed by atoms with E-state index in [1.54, 1.807) is 0 Å². The molecule has 1 aromatic rings. The van der Waals surface area contributed by atoms with Crippen molar-refractivity contribution in [3.05, 3.63) is 24.3 Å². The molecule has 0 aliphatic carbocycles. The summed E-state index contributed by atoms with van der Waals surface area (Å²) in [5.74, 6) is 0.887. The van der Waals surface area contributed by atoms with Crippen LogP contribution in [-0.2, 0) is 4.74 Å². The highest BCUT2D eigenvalue weighted by atomic mass is 16.5. The van der Waals surface area contributed by atoms with Crippen LogP contribution in [0.3, 0.4) is 0 Å². The Bertz CT molecular complexity index is 425. The van der Waals surface area contributed by atoms with E-state index in [0.29, 0.717) is 6.61 Å². The maximum Gasteiger partial charge on any atom is 0.145 e. The van der Waals surface area contributed by atoms with Gasteiger partial charge in [-0.2, -0.15) is 0 Å². The van der Waals surface area contributed by atoms with Crippen LogP contribution in [0.15, 0.2) is 29.3 Å². The fourth-order valence-corrected chi connectivity index (χ4v) is 2.13. The van der Waals surface area contributed by atoms with Gasteiger partial charge in [-0.15, -0.1) is 0 Å². The largest absolute Gasteiger partial charge is 0.485 e. The molecular weight excluding hydrogens is 216 g/mol. The lowest BCUT2D eigenvalue weighted by molar-refractivity contribution is 0.0448. The molecule has 0 spiro atoms. The first-order valence-electron chi connectivity index (χ1n) is 6.00. The number of hydrogen-bond donors (Lipinski definition) is 0. The molecule has 2 aliphatic heterocycles. The van der Waals surface area contributed by atoms with E-state index >= 15 is 0 Å². The maximum atomic E-state index is 5.69. The third kappa shape index (κ3) is 2.48. The molecule has 90 valence electrons. The minimum atomic E-state index is 0.606. The van der Waals surface area contributed by atoms with Crippen LogP contribution < -0.4 is 4.74 Å². The van der Waals surface area contributed by atoms with Gasteiger partial charge >= 0.3 is 0 Å². The Morgan fingerprint density at radius 1 is 1.18 bits per heavy atom. The lowest BCUT2D eigenvalue weighted by Crippen LogP contribution is -2.41. The van der Waals surface area contributed by atoms with E-state index in [4.69, 9.17) is 9.47 Å². The molecule has 3 rings (SSSR count). The maximum absolute atomic E-state index is 5.69. The molecule has 0 bridgehead atoms. The van der Waals surface area contributed by atoms with E-state index in [-0.39, 0.29) is 0 Å². The molecular formula is C13H16N2O2. The van der Waals surface area contributed by atoms with Crippen molar-refractivity contribution in [2.75, 3.05) is 39.5 Å². The molecule has 0 N–H and O–H groups in total. The van der Waals surface area contributed by atoms with Gasteiger partial charge in [-0.05, 0) is 12.1 Å². The monoisotopic (exact) mass is 232 g/mol. The second-order valence-electron chi connectivity index (χ2n) is 4.32. The molecule has 0 unspecified atom stereocenters. The lowest BCUT2D eigenvalue weighted by Gasteiger charge is -2.28. The summed E-state index contributed by atoms with van der Waals surface area (Å²) < 4.78 is 11.0. The number of fused-ring (bicyclic) bond motifs is 1. The summed E-state index contributed by atoms with van der Waals surface area (Å²) in [6.45, 7) is 5.11. The predicted octanol–water partition coefficient (Wildman–Crippen LogP) is 1.48. The standard InChI is InChI=1S/C13H16N2O2/c1-2-4-13-12(3-1)14-11(10-17-13)9-15-5-7-16-8-6-15/h1-4H,5-10H2. The second-order valence-corrected chi connectivity index (χ2v) is 4.32. The predicted molar refractivity (Wildman–Crippen MR) is 66.3 cm³/mol. The summed E-state index contributed by atoms with van der Waals surface area (Å²) >= 11 is 0.